The molecule has 5 nitrogen and oxygen atoms in total. The first-order valence-electron chi connectivity index (χ1n) is 5.82. The highest BCUT2D eigenvalue weighted by Gasteiger charge is 2.11. The number of aromatic amines is 1. The average Bonchev–Trinajstić information content (AvgIpc) is 2.88. The molecular weight excluding hydrogens is 280 g/mol. The molecule has 100 valence electrons. The molecule has 0 bridgehead atoms. The lowest BCUT2D eigenvalue weighted by Gasteiger charge is -2.07. The molecule has 3 aromatic rings. The summed E-state index contributed by atoms with van der Waals surface area (Å²) < 4.78 is 5.65. The van der Waals surface area contributed by atoms with E-state index in [0.717, 1.165) is 10.9 Å². The number of ether oxygens (including phenoxy) is 1. The number of nitrogens with one attached hydrogen (secondary N) is 1. The Hall–Kier alpha value is -2.53. The first-order chi connectivity index (χ1) is 9.63. The number of fused-ring (bicyclic) bond motifs is 1. The molecule has 0 saturated carbocycles. The van der Waals surface area contributed by atoms with Gasteiger partial charge in [0.2, 0.25) is 0 Å². The van der Waals surface area contributed by atoms with E-state index in [0.29, 0.717) is 11.5 Å². The van der Waals surface area contributed by atoms with Crippen LogP contribution in [0.4, 0.5) is 5.69 Å². The predicted molar refractivity (Wildman–Crippen MR) is 76.5 cm³/mol. The maximum atomic E-state index is 10.6. The van der Waals surface area contributed by atoms with Crippen molar-refractivity contribution < 1.29 is 9.66 Å². The number of benzene rings is 2. The molecule has 6 heteroatoms. The summed E-state index contributed by atoms with van der Waals surface area (Å²) in [6, 6.07) is 11.6. The molecule has 0 unspecified atom stereocenters. The van der Waals surface area contributed by atoms with Crippen molar-refractivity contribution in [2.45, 2.75) is 0 Å². The quantitative estimate of drug-likeness (QED) is 0.569. The van der Waals surface area contributed by atoms with E-state index in [2.05, 4.69) is 4.98 Å². The van der Waals surface area contributed by atoms with Crippen molar-refractivity contribution in [2.75, 3.05) is 0 Å². The van der Waals surface area contributed by atoms with Gasteiger partial charge >= 0.3 is 0 Å². The summed E-state index contributed by atoms with van der Waals surface area (Å²) in [7, 11) is 0. The zero-order valence-electron chi connectivity index (χ0n) is 10.2. The molecule has 0 aliphatic carbocycles. The van der Waals surface area contributed by atoms with Crippen LogP contribution in [0.3, 0.4) is 0 Å². The fourth-order valence-corrected chi connectivity index (χ4v) is 2.12. The van der Waals surface area contributed by atoms with E-state index in [9.17, 15) is 10.1 Å². The Labute approximate surface area is 118 Å². The minimum absolute atomic E-state index is 0.0663. The predicted octanol–water partition coefficient (Wildman–Crippen LogP) is 4.52. The number of hydrogen-bond acceptors (Lipinski definition) is 3. The Morgan fingerprint density at radius 3 is 2.75 bits per heavy atom. The summed E-state index contributed by atoms with van der Waals surface area (Å²) in [6.07, 6.45) is 1.84. The third-order valence-corrected chi connectivity index (χ3v) is 3.17. The zero-order chi connectivity index (χ0) is 14.1. The van der Waals surface area contributed by atoms with Crippen LogP contribution in [-0.2, 0) is 0 Å². The largest absolute Gasteiger partial charge is 0.456 e. The molecule has 3 rings (SSSR count). The van der Waals surface area contributed by atoms with E-state index in [1.807, 2.05) is 24.4 Å². The van der Waals surface area contributed by atoms with Gasteiger partial charge in [0.25, 0.3) is 5.69 Å². The Bertz CT molecular complexity index is 798. The molecule has 1 N–H and O–H groups in total. The highest BCUT2D eigenvalue weighted by atomic mass is 35.5. The molecule has 1 heterocycles. The molecule has 1 aromatic heterocycles. The zero-order valence-corrected chi connectivity index (χ0v) is 10.9. The number of nitro groups is 1. The maximum absolute atomic E-state index is 10.6. The Balaban J connectivity index is 1.92. The fourth-order valence-electron chi connectivity index (χ4n) is 1.91. The van der Waals surface area contributed by atoms with Crippen LogP contribution in [0.25, 0.3) is 10.9 Å². The standard InChI is InChI=1S/C14H9ClN2O3/c15-12-8-10(17(18)19)1-4-14(12)20-11-2-3-13-9(7-11)5-6-16-13/h1-8,16H. The lowest BCUT2D eigenvalue weighted by molar-refractivity contribution is -0.384. The second-order valence-corrected chi connectivity index (χ2v) is 4.61. The van der Waals surface area contributed by atoms with Crippen LogP contribution in [-0.4, -0.2) is 9.91 Å². The van der Waals surface area contributed by atoms with Crippen LogP contribution in [0.2, 0.25) is 5.02 Å². The topological polar surface area (TPSA) is 68.2 Å². The van der Waals surface area contributed by atoms with Gasteiger partial charge in [0.05, 0.1) is 9.95 Å². The summed E-state index contributed by atoms with van der Waals surface area (Å²) in [6.45, 7) is 0. The summed E-state index contributed by atoms with van der Waals surface area (Å²) in [4.78, 5) is 13.2. The maximum Gasteiger partial charge on any atom is 0.271 e. The third-order valence-electron chi connectivity index (χ3n) is 2.88. The van der Waals surface area contributed by atoms with Crippen LogP contribution in [0.1, 0.15) is 0 Å². The molecule has 0 aliphatic heterocycles. The van der Waals surface area contributed by atoms with E-state index < -0.39 is 4.92 Å². The minimum atomic E-state index is -0.498. The smallest absolute Gasteiger partial charge is 0.271 e. The number of non-ortho nitro benzene ring substituents is 1. The van der Waals surface area contributed by atoms with Gasteiger partial charge in [-0.15, -0.1) is 0 Å². The molecule has 0 fully saturated rings. The van der Waals surface area contributed by atoms with E-state index in [1.54, 1.807) is 6.07 Å². The van der Waals surface area contributed by atoms with Gasteiger partial charge in [-0.1, -0.05) is 11.6 Å². The van der Waals surface area contributed by atoms with Crippen LogP contribution in [0.15, 0.2) is 48.7 Å². The fraction of sp³-hybridized carbons (Fsp3) is 0. The molecule has 20 heavy (non-hydrogen) atoms. The molecule has 0 atom stereocenters. The van der Waals surface area contributed by atoms with Crippen LogP contribution >= 0.6 is 11.6 Å². The average molecular weight is 289 g/mol. The minimum Gasteiger partial charge on any atom is -0.456 e. The first-order valence-corrected chi connectivity index (χ1v) is 6.20. The monoisotopic (exact) mass is 288 g/mol. The van der Waals surface area contributed by atoms with Gasteiger partial charge in [-0.2, -0.15) is 0 Å². The van der Waals surface area contributed by atoms with Crippen molar-refractivity contribution in [1.29, 1.82) is 0 Å². The van der Waals surface area contributed by atoms with Crippen LogP contribution in [0.5, 0.6) is 11.5 Å². The number of aromatic nitrogens is 1. The lowest BCUT2D eigenvalue weighted by Crippen LogP contribution is -1.90. The number of hydrogen-bond donors (Lipinski definition) is 1. The second-order valence-electron chi connectivity index (χ2n) is 4.20. The highest BCUT2D eigenvalue weighted by molar-refractivity contribution is 6.32. The number of H-pyrrole nitrogens is 1. The van der Waals surface area contributed by atoms with E-state index in [4.69, 9.17) is 16.3 Å². The van der Waals surface area contributed by atoms with Gasteiger partial charge in [-0.05, 0) is 30.3 Å². The van der Waals surface area contributed by atoms with Crippen LogP contribution in [0, 0.1) is 10.1 Å². The van der Waals surface area contributed by atoms with Gasteiger partial charge in [0.15, 0.2) is 0 Å². The molecule has 0 spiro atoms. The van der Waals surface area contributed by atoms with Gasteiger partial charge in [-0.3, -0.25) is 10.1 Å². The molecular formula is C14H9ClN2O3. The van der Waals surface area contributed by atoms with Crippen molar-refractivity contribution in [1.82, 2.24) is 4.98 Å². The first kappa shape index (κ1) is 12.5. The van der Waals surface area contributed by atoms with E-state index in [1.165, 1.54) is 18.2 Å². The molecule has 0 amide bonds. The summed E-state index contributed by atoms with van der Waals surface area (Å²) in [5.41, 5.74) is 0.940. The van der Waals surface area contributed by atoms with Crippen molar-refractivity contribution in [2.24, 2.45) is 0 Å². The molecule has 2 aromatic carbocycles. The van der Waals surface area contributed by atoms with Gasteiger partial charge in [0, 0.05) is 29.2 Å². The van der Waals surface area contributed by atoms with Crippen molar-refractivity contribution >= 4 is 28.2 Å². The van der Waals surface area contributed by atoms with Gasteiger partial charge < -0.3 is 9.72 Å². The Morgan fingerprint density at radius 2 is 2.00 bits per heavy atom. The third kappa shape index (κ3) is 2.31. The molecule has 0 saturated heterocycles. The van der Waals surface area contributed by atoms with Crippen molar-refractivity contribution in [3.63, 3.8) is 0 Å². The number of rotatable bonds is 3. The highest BCUT2D eigenvalue weighted by Crippen LogP contribution is 2.33. The van der Waals surface area contributed by atoms with E-state index in [-0.39, 0.29) is 10.7 Å². The Morgan fingerprint density at radius 1 is 1.15 bits per heavy atom. The molecule has 0 aliphatic rings. The Kier molecular flexibility index (Phi) is 3.04. The summed E-state index contributed by atoms with van der Waals surface area (Å²) in [5.74, 6) is 1.00. The van der Waals surface area contributed by atoms with Gasteiger partial charge in [0.1, 0.15) is 11.5 Å². The number of nitrogens with zero attached hydrogens (tertiary/aromatic N) is 1. The van der Waals surface area contributed by atoms with Crippen molar-refractivity contribution in [3.8, 4) is 11.5 Å². The lowest BCUT2D eigenvalue weighted by atomic mass is 10.2. The summed E-state index contributed by atoms with van der Waals surface area (Å²) in [5, 5.41) is 11.9. The normalized spacial score (nSPS) is 10.7. The summed E-state index contributed by atoms with van der Waals surface area (Å²) >= 11 is 5.98. The number of halogens is 1. The molecule has 0 radical (unpaired) electrons. The SMILES string of the molecule is O=[N+]([O-])c1ccc(Oc2ccc3[nH]ccc3c2)c(Cl)c1. The van der Waals surface area contributed by atoms with E-state index >= 15 is 0 Å². The number of nitro benzene ring substituents is 1. The van der Waals surface area contributed by atoms with Gasteiger partial charge in [-0.25, -0.2) is 0 Å². The van der Waals surface area contributed by atoms with Crippen LogP contribution < -0.4 is 4.74 Å². The second kappa shape index (κ2) is 4.86. The van der Waals surface area contributed by atoms with Crippen molar-refractivity contribution in [3.05, 3.63) is 63.8 Å².